The number of carbonyl (C=O) groups excluding carboxylic acids is 9. The van der Waals surface area contributed by atoms with E-state index in [1.807, 2.05) is 0 Å². The van der Waals surface area contributed by atoms with E-state index < -0.39 is 157 Å². The SMILES string of the molecule is CC(C)C[C@H](NC(=O)[C@H](CCCCN)NC(=O)[C@@H](NC(=O)[C@H](CCCN=C(N)N)NC(=O)[C@H](CC(N)=O)NC(=O)[C@H](CCCN=C(N)N)NC(=O)[C@H](CCC(=O)O)NC(=O)[C@H](CCCN=C(N)N)NC(=O)[C@@H](N)CCC(=O)O)C(C)C)C(=O)O. The molecule has 0 aliphatic rings. The molecule has 0 aliphatic heterocycles. The highest BCUT2D eigenvalue weighted by Gasteiger charge is 2.36. The van der Waals surface area contributed by atoms with Crippen molar-refractivity contribution in [2.24, 2.45) is 78.4 Å². The number of nitrogens with zero attached hydrogens (tertiary/aromatic N) is 3. The Bertz CT molecular complexity index is 2310. The van der Waals surface area contributed by atoms with Gasteiger partial charge in [0.1, 0.15) is 48.3 Å². The molecule has 0 spiro atoms. The Balaban J connectivity index is 7.16. The predicted octanol–water partition coefficient (Wildman–Crippen LogP) is -7.13. The molecule has 0 aromatic rings. The zero-order valence-corrected chi connectivity index (χ0v) is 48.1. The van der Waals surface area contributed by atoms with E-state index in [4.69, 9.17) is 56.7 Å². The zero-order chi connectivity index (χ0) is 64.2. The number of hydrogen-bond donors (Lipinski definition) is 20. The van der Waals surface area contributed by atoms with E-state index in [1.165, 1.54) is 0 Å². The van der Waals surface area contributed by atoms with Gasteiger partial charge in [-0.2, -0.15) is 0 Å². The van der Waals surface area contributed by atoms with Crippen LogP contribution in [0.5, 0.6) is 0 Å². The normalized spacial score (nSPS) is 14.1. The highest BCUT2D eigenvalue weighted by molar-refractivity contribution is 5.99. The lowest BCUT2D eigenvalue weighted by Gasteiger charge is -2.29. The quantitative estimate of drug-likeness (QED) is 0.0153. The van der Waals surface area contributed by atoms with E-state index in [9.17, 15) is 67.7 Å². The van der Waals surface area contributed by atoms with E-state index >= 15 is 0 Å². The first-order valence-electron chi connectivity index (χ1n) is 27.3. The lowest BCUT2D eigenvalue weighted by atomic mass is 10.00. The molecule has 476 valence electrons. The minimum atomic E-state index is -1.89. The smallest absolute Gasteiger partial charge is 0.326 e. The molecule has 0 rings (SSSR count). The van der Waals surface area contributed by atoms with Crippen molar-refractivity contribution < 1.29 is 72.9 Å². The number of hydrogen-bond acceptors (Lipinski definition) is 17. The zero-order valence-electron chi connectivity index (χ0n) is 48.1. The van der Waals surface area contributed by atoms with Crippen LogP contribution in [0.3, 0.4) is 0 Å². The van der Waals surface area contributed by atoms with Crippen molar-refractivity contribution in [2.45, 2.75) is 178 Å². The van der Waals surface area contributed by atoms with E-state index in [0.29, 0.717) is 12.8 Å². The monoisotopic (exact) mass is 1200 g/mol. The van der Waals surface area contributed by atoms with E-state index in [2.05, 4.69) is 57.5 Å². The number of carboxylic acid groups (broad SMARTS) is 3. The molecule has 0 bridgehead atoms. The number of aliphatic carboxylic acids is 3. The number of amides is 9. The molecule has 0 fully saturated rings. The highest BCUT2D eigenvalue weighted by Crippen LogP contribution is 2.12. The summed E-state index contributed by atoms with van der Waals surface area (Å²) in [5.74, 6) is -15.0. The number of nitrogens with one attached hydrogen (secondary N) is 8. The van der Waals surface area contributed by atoms with Gasteiger partial charge in [0.15, 0.2) is 17.9 Å². The molecule has 0 aromatic heterocycles. The van der Waals surface area contributed by atoms with Crippen LogP contribution in [-0.2, 0) is 57.5 Å². The van der Waals surface area contributed by atoms with Gasteiger partial charge < -0.3 is 109 Å². The molecule has 0 saturated carbocycles. The molecule has 0 saturated heterocycles. The van der Waals surface area contributed by atoms with Crippen LogP contribution in [0.2, 0.25) is 0 Å². The van der Waals surface area contributed by atoms with Gasteiger partial charge in [0.05, 0.1) is 12.5 Å². The summed E-state index contributed by atoms with van der Waals surface area (Å²) in [7, 11) is 0. The molecule has 0 heterocycles. The molecule has 9 atom stereocenters. The van der Waals surface area contributed by atoms with Crippen LogP contribution in [0.15, 0.2) is 15.0 Å². The molecular weight excluding hydrogens is 1110 g/mol. The van der Waals surface area contributed by atoms with Gasteiger partial charge in [0, 0.05) is 32.5 Å². The first kappa shape index (κ1) is 75.4. The summed E-state index contributed by atoms with van der Waals surface area (Å²) in [5, 5.41) is 48.0. The molecule has 35 nitrogen and oxygen atoms in total. The first-order valence-corrected chi connectivity index (χ1v) is 27.3. The van der Waals surface area contributed by atoms with E-state index in [0.717, 1.165) is 0 Å². The van der Waals surface area contributed by atoms with Crippen molar-refractivity contribution in [2.75, 3.05) is 26.2 Å². The number of guanidine groups is 3. The largest absolute Gasteiger partial charge is 0.481 e. The van der Waals surface area contributed by atoms with Gasteiger partial charge in [-0.05, 0) is 95.4 Å². The summed E-state index contributed by atoms with van der Waals surface area (Å²) in [6.45, 7) is 6.68. The summed E-state index contributed by atoms with van der Waals surface area (Å²) in [5.41, 5.74) is 49.8. The fourth-order valence-electron chi connectivity index (χ4n) is 7.82. The lowest BCUT2D eigenvalue weighted by Crippen LogP contribution is -2.61. The summed E-state index contributed by atoms with van der Waals surface area (Å²) >= 11 is 0. The third-order valence-corrected chi connectivity index (χ3v) is 12.2. The number of aliphatic imine (C=N–C) groups is 3. The number of unbranched alkanes of at least 4 members (excludes halogenated alkanes) is 1. The summed E-state index contributed by atoms with van der Waals surface area (Å²) < 4.78 is 0. The summed E-state index contributed by atoms with van der Waals surface area (Å²) in [6, 6.07) is -13.7. The number of primary amides is 1. The predicted molar refractivity (Wildman–Crippen MR) is 306 cm³/mol. The van der Waals surface area contributed by atoms with Crippen LogP contribution >= 0.6 is 0 Å². The lowest BCUT2D eigenvalue weighted by molar-refractivity contribution is -0.143. The Morgan fingerprint density at radius 3 is 1.10 bits per heavy atom. The van der Waals surface area contributed by atoms with Gasteiger partial charge in [-0.1, -0.05) is 27.7 Å². The molecule has 0 aliphatic carbocycles. The first-order chi connectivity index (χ1) is 39.3. The summed E-state index contributed by atoms with van der Waals surface area (Å²) in [6.07, 6.45) is -2.86. The van der Waals surface area contributed by atoms with Crippen molar-refractivity contribution in [3.63, 3.8) is 0 Å². The average molecular weight is 1200 g/mol. The fourth-order valence-corrected chi connectivity index (χ4v) is 7.82. The standard InChI is InChI=1S/C49H90N20O15/c1-24(2)22-33(46(83)84)68-41(78)27(10-5-6-18-50)66-45(82)37(25(3)4)69-43(80)30(13-9-21-61-49(57)58)64-44(81)32(23-34(52)70)67-40(77)29(12-8-20-60-48(55)56)63-42(79)31(15-17-36(73)74)65-39(76)28(11-7-19-59-47(53)54)62-38(75)26(51)14-16-35(71)72/h24-33,37H,5-23,50-51H2,1-4H3,(H2,52,70)(H,62,75)(H,63,79)(H,64,81)(H,65,76)(H,66,82)(H,67,77)(H,68,78)(H,69,80)(H,71,72)(H,73,74)(H,83,84)(H4,53,54,59)(H4,55,56,60)(H4,57,58,61)/t26-,27-,28-,29-,30-,31-,32-,33-,37-/m0/s1. The van der Waals surface area contributed by atoms with Crippen molar-refractivity contribution in [3.05, 3.63) is 0 Å². The number of rotatable bonds is 44. The second-order valence-electron chi connectivity index (χ2n) is 20.4. The van der Waals surface area contributed by atoms with Crippen LogP contribution < -0.4 is 94.1 Å². The van der Waals surface area contributed by atoms with Crippen molar-refractivity contribution in [3.8, 4) is 0 Å². The molecule has 0 unspecified atom stereocenters. The molecule has 0 radical (unpaired) electrons. The van der Waals surface area contributed by atoms with Crippen LogP contribution in [-0.4, -0.2) is 185 Å². The van der Waals surface area contributed by atoms with E-state index in [1.54, 1.807) is 27.7 Å². The Hall–Kier alpha value is -8.63. The van der Waals surface area contributed by atoms with Gasteiger partial charge in [0.2, 0.25) is 53.2 Å². The van der Waals surface area contributed by atoms with Gasteiger partial charge >= 0.3 is 17.9 Å². The molecule has 0 aromatic carbocycles. The van der Waals surface area contributed by atoms with Gasteiger partial charge in [-0.25, -0.2) is 4.79 Å². The molecule has 29 N–H and O–H groups in total. The Kier molecular flexibility index (Phi) is 36.4. The second-order valence-corrected chi connectivity index (χ2v) is 20.4. The van der Waals surface area contributed by atoms with Crippen LogP contribution in [0, 0.1) is 11.8 Å². The third kappa shape index (κ3) is 33.3. The molecule has 84 heavy (non-hydrogen) atoms. The minimum Gasteiger partial charge on any atom is -0.481 e. The minimum absolute atomic E-state index is 0.0149. The topological polar surface area (TPSA) is 633 Å². The van der Waals surface area contributed by atoms with Crippen molar-refractivity contribution in [1.82, 2.24) is 42.5 Å². The third-order valence-electron chi connectivity index (χ3n) is 12.2. The van der Waals surface area contributed by atoms with Crippen LogP contribution in [0.1, 0.15) is 124 Å². The van der Waals surface area contributed by atoms with Crippen LogP contribution in [0.4, 0.5) is 0 Å². The highest BCUT2D eigenvalue weighted by atomic mass is 16.4. The second kappa shape index (κ2) is 40.5. The molecule has 9 amide bonds. The van der Waals surface area contributed by atoms with Crippen LogP contribution in [0.25, 0.3) is 0 Å². The number of carbonyl (C=O) groups is 12. The maximum Gasteiger partial charge on any atom is 0.326 e. The molecular formula is C49H90N20O15. The summed E-state index contributed by atoms with van der Waals surface area (Å²) in [4.78, 5) is 170. The van der Waals surface area contributed by atoms with Crippen molar-refractivity contribution >= 4 is 89.0 Å². The van der Waals surface area contributed by atoms with Gasteiger partial charge in [-0.15, -0.1) is 0 Å². The van der Waals surface area contributed by atoms with Crippen molar-refractivity contribution in [1.29, 1.82) is 0 Å². The maximum atomic E-state index is 14.3. The fraction of sp³-hybridized carbons (Fsp3) is 0.694. The number of nitrogens with two attached hydrogens (primary N) is 9. The average Bonchev–Trinajstić information content (AvgIpc) is 3.58. The van der Waals surface area contributed by atoms with Gasteiger partial charge in [0.25, 0.3) is 0 Å². The van der Waals surface area contributed by atoms with Gasteiger partial charge in [-0.3, -0.25) is 67.7 Å². The Morgan fingerprint density at radius 1 is 0.405 bits per heavy atom. The Morgan fingerprint density at radius 2 is 0.738 bits per heavy atom. The maximum absolute atomic E-state index is 14.3. The molecule has 35 heteroatoms. The Labute approximate surface area is 486 Å². The number of carboxylic acids is 3. The van der Waals surface area contributed by atoms with E-state index in [-0.39, 0.29) is 108 Å².